The number of fused-ring (bicyclic) bond motifs is 1. The molecular formula is C20H14F3N3O2. The van der Waals surface area contributed by atoms with Crippen LogP contribution in [0.5, 0.6) is 5.75 Å². The highest BCUT2D eigenvalue weighted by Gasteiger charge is 2.32. The van der Waals surface area contributed by atoms with Gasteiger partial charge in [0.25, 0.3) is 0 Å². The normalized spacial score (nSPS) is 14.5. The van der Waals surface area contributed by atoms with Crippen LogP contribution >= 0.6 is 0 Å². The second-order valence-electron chi connectivity index (χ2n) is 6.75. The van der Waals surface area contributed by atoms with E-state index in [0.717, 1.165) is 24.1 Å². The van der Waals surface area contributed by atoms with Gasteiger partial charge in [-0.3, -0.25) is 0 Å². The number of aromatic amines is 1. The summed E-state index contributed by atoms with van der Waals surface area (Å²) in [6.45, 7) is 0. The standard InChI is InChI=1S/C20H14F3N3O2/c21-20(22,23)27-17-4-2-1-3-13(17)12-7-8-14-16(9-12)25-19(24-14)18-10-15(26-28-18)11-5-6-11/h1-4,7-11H,5-6H2,(H,24,25). The van der Waals surface area contributed by atoms with Gasteiger partial charge in [0.2, 0.25) is 5.76 Å². The molecule has 4 aromatic rings. The van der Waals surface area contributed by atoms with Crippen molar-refractivity contribution in [2.24, 2.45) is 0 Å². The van der Waals surface area contributed by atoms with Crippen molar-refractivity contribution in [3.63, 3.8) is 0 Å². The van der Waals surface area contributed by atoms with E-state index in [1.54, 1.807) is 30.3 Å². The van der Waals surface area contributed by atoms with Crippen molar-refractivity contribution in [3.8, 4) is 28.5 Å². The van der Waals surface area contributed by atoms with E-state index in [4.69, 9.17) is 4.52 Å². The molecule has 1 fully saturated rings. The molecule has 1 aliphatic rings. The number of hydrogen-bond donors (Lipinski definition) is 1. The van der Waals surface area contributed by atoms with E-state index >= 15 is 0 Å². The number of rotatable bonds is 4. The Bertz CT molecular complexity index is 1160. The van der Waals surface area contributed by atoms with Gasteiger partial charge in [0.1, 0.15) is 5.75 Å². The number of nitrogens with zero attached hydrogens (tertiary/aromatic N) is 2. The average molecular weight is 385 g/mol. The minimum absolute atomic E-state index is 0.255. The molecule has 1 saturated carbocycles. The number of alkyl halides is 3. The number of aromatic nitrogens is 3. The highest BCUT2D eigenvalue weighted by Crippen LogP contribution is 2.40. The molecule has 2 aromatic carbocycles. The number of benzene rings is 2. The molecular weight excluding hydrogens is 371 g/mol. The molecule has 2 aromatic heterocycles. The molecule has 0 bridgehead atoms. The number of ether oxygens (including phenoxy) is 1. The van der Waals surface area contributed by atoms with Crippen molar-refractivity contribution in [1.82, 2.24) is 15.1 Å². The van der Waals surface area contributed by atoms with Crippen LogP contribution in [0.3, 0.4) is 0 Å². The van der Waals surface area contributed by atoms with Gasteiger partial charge in [-0.2, -0.15) is 0 Å². The Morgan fingerprint density at radius 1 is 1.07 bits per heavy atom. The Labute approximate surface area is 157 Å². The van der Waals surface area contributed by atoms with Crippen LogP contribution in [0, 0.1) is 0 Å². The Balaban J connectivity index is 1.52. The quantitative estimate of drug-likeness (QED) is 0.492. The summed E-state index contributed by atoms with van der Waals surface area (Å²) in [4.78, 5) is 7.67. The first-order valence-electron chi connectivity index (χ1n) is 8.78. The molecule has 142 valence electrons. The molecule has 1 aliphatic carbocycles. The van der Waals surface area contributed by atoms with Crippen LogP contribution in [-0.4, -0.2) is 21.5 Å². The third-order valence-electron chi connectivity index (χ3n) is 4.66. The highest BCUT2D eigenvalue weighted by atomic mass is 19.4. The second-order valence-corrected chi connectivity index (χ2v) is 6.75. The first-order chi connectivity index (χ1) is 13.5. The molecule has 0 unspecified atom stereocenters. The van der Waals surface area contributed by atoms with E-state index in [1.165, 1.54) is 12.1 Å². The molecule has 5 rings (SSSR count). The lowest BCUT2D eigenvalue weighted by atomic mass is 10.0. The second kappa shape index (κ2) is 6.12. The molecule has 0 aliphatic heterocycles. The maximum Gasteiger partial charge on any atom is 0.573 e. The van der Waals surface area contributed by atoms with Gasteiger partial charge in [0, 0.05) is 17.5 Å². The van der Waals surface area contributed by atoms with Crippen LogP contribution in [-0.2, 0) is 0 Å². The molecule has 1 N–H and O–H groups in total. The van der Waals surface area contributed by atoms with Gasteiger partial charge in [0.15, 0.2) is 5.82 Å². The Morgan fingerprint density at radius 3 is 2.68 bits per heavy atom. The zero-order chi connectivity index (χ0) is 19.3. The summed E-state index contributed by atoms with van der Waals surface area (Å²) in [5.74, 6) is 1.29. The lowest BCUT2D eigenvalue weighted by Gasteiger charge is -2.13. The average Bonchev–Trinajstić information content (AvgIpc) is 3.23. The summed E-state index contributed by atoms with van der Waals surface area (Å²) in [6, 6.07) is 13.1. The first-order valence-corrected chi connectivity index (χ1v) is 8.78. The maximum atomic E-state index is 12.7. The van der Waals surface area contributed by atoms with Gasteiger partial charge >= 0.3 is 6.36 Å². The monoisotopic (exact) mass is 385 g/mol. The van der Waals surface area contributed by atoms with E-state index in [0.29, 0.717) is 34.1 Å². The lowest BCUT2D eigenvalue weighted by Crippen LogP contribution is -2.17. The van der Waals surface area contributed by atoms with Crippen LogP contribution in [0.4, 0.5) is 13.2 Å². The SMILES string of the molecule is FC(F)(F)Oc1ccccc1-c1ccc2[nH]c(-c3cc(C4CC4)no3)nc2c1. The smallest absolute Gasteiger partial charge is 0.405 e. The molecule has 0 amide bonds. The molecule has 28 heavy (non-hydrogen) atoms. The van der Waals surface area contributed by atoms with Gasteiger partial charge in [-0.05, 0) is 36.6 Å². The zero-order valence-corrected chi connectivity index (χ0v) is 14.5. The van der Waals surface area contributed by atoms with Crippen molar-refractivity contribution in [2.45, 2.75) is 25.1 Å². The number of imidazole rings is 1. The summed E-state index contributed by atoms with van der Waals surface area (Å²) in [5, 5.41) is 4.08. The van der Waals surface area contributed by atoms with Gasteiger partial charge in [-0.1, -0.05) is 29.4 Å². The molecule has 0 atom stereocenters. The fraction of sp³-hybridized carbons (Fsp3) is 0.200. The predicted octanol–water partition coefficient (Wildman–Crippen LogP) is 5.66. The van der Waals surface area contributed by atoms with E-state index in [-0.39, 0.29) is 5.75 Å². The van der Waals surface area contributed by atoms with Gasteiger partial charge in [-0.15, -0.1) is 13.2 Å². The summed E-state index contributed by atoms with van der Waals surface area (Å²) in [7, 11) is 0. The fourth-order valence-electron chi connectivity index (χ4n) is 3.18. The van der Waals surface area contributed by atoms with E-state index < -0.39 is 6.36 Å². The van der Waals surface area contributed by atoms with Crippen LogP contribution in [0.1, 0.15) is 24.5 Å². The predicted molar refractivity (Wildman–Crippen MR) is 95.7 cm³/mol. The molecule has 2 heterocycles. The fourth-order valence-corrected chi connectivity index (χ4v) is 3.18. The Morgan fingerprint density at radius 2 is 1.89 bits per heavy atom. The van der Waals surface area contributed by atoms with Crippen molar-refractivity contribution in [2.75, 3.05) is 0 Å². The summed E-state index contributed by atoms with van der Waals surface area (Å²) < 4.78 is 47.6. The zero-order valence-electron chi connectivity index (χ0n) is 14.5. The third kappa shape index (κ3) is 3.21. The summed E-state index contributed by atoms with van der Waals surface area (Å²) >= 11 is 0. The van der Waals surface area contributed by atoms with E-state index in [9.17, 15) is 13.2 Å². The molecule has 5 nitrogen and oxygen atoms in total. The number of para-hydroxylation sites is 1. The minimum atomic E-state index is -4.76. The van der Waals surface area contributed by atoms with Gasteiger partial charge in [-0.25, -0.2) is 4.98 Å². The number of nitrogens with one attached hydrogen (secondary N) is 1. The van der Waals surface area contributed by atoms with E-state index in [1.807, 2.05) is 6.07 Å². The van der Waals surface area contributed by atoms with E-state index in [2.05, 4.69) is 19.9 Å². The number of hydrogen-bond acceptors (Lipinski definition) is 4. The van der Waals surface area contributed by atoms with Crippen molar-refractivity contribution in [3.05, 3.63) is 54.2 Å². The molecule has 0 radical (unpaired) electrons. The summed E-state index contributed by atoms with van der Waals surface area (Å²) in [6.07, 6.45) is -2.52. The maximum absolute atomic E-state index is 12.7. The largest absolute Gasteiger partial charge is 0.573 e. The molecule has 8 heteroatoms. The topological polar surface area (TPSA) is 63.9 Å². The minimum Gasteiger partial charge on any atom is -0.405 e. The molecule has 0 spiro atoms. The van der Waals surface area contributed by atoms with Crippen LogP contribution in [0.25, 0.3) is 33.7 Å². The number of H-pyrrole nitrogens is 1. The first kappa shape index (κ1) is 16.9. The lowest BCUT2D eigenvalue weighted by molar-refractivity contribution is -0.274. The number of halogens is 3. The van der Waals surface area contributed by atoms with Crippen molar-refractivity contribution < 1.29 is 22.4 Å². The Kier molecular flexibility index (Phi) is 3.68. The van der Waals surface area contributed by atoms with Gasteiger partial charge in [0.05, 0.1) is 16.7 Å². The van der Waals surface area contributed by atoms with Crippen molar-refractivity contribution >= 4 is 11.0 Å². The highest BCUT2D eigenvalue weighted by molar-refractivity contribution is 5.85. The molecule has 0 saturated heterocycles. The van der Waals surface area contributed by atoms with Crippen LogP contribution < -0.4 is 4.74 Å². The third-order valence-corrected chi connectivity index (χ3v) is 4.66. The van der Waals surface area contributed by atoms with Crippen LogP contribution in [0.15, 0.2) is 53.1 Å². The van der Waals surface area contributed by atoms with Crippen molar-refractivity contribution in [1.29, 1.82) is 0 Å². The summed E-state index contributed by atoms with van der Waals surface area (Å²) in [5.41, 5.74) is 3.19. The Hall–Kier alpha value is -3.29. The van der Waals surface area contributed by atoms with Crippen LogP contribution in [0.2, 0.25) is 0 Å². The van der Waals surface area contributed by atoms with Gasteiger partial charge < -0.3 is 14.2 Å².